The summed E-state index contributed by atoms with van der Waals surface area (Å²) in [4.78, 5) is 0. The Bertz CT molecular complexity index is 646. The van der Waals surface area contributed by atoms with Crippen LogP contribution in [-0.4, -0.2) is 16.2 Å². The molecule has 0 fully saturated rings. The number of rotatable bonds is 4. The van der Waals surface area contributed by atoms with Gasteiger partial charge in [0.25, 0.3) is 0 Å². The summed E-state index contributed by atoms with van der Waals surface area (Å²) in [6.45, 7) is 1.89. The predicted octanol–water partition coefficient (Wildman–Crippen LogP) is 3.08. The first-order chi connectivity index (χ1) is 9.70. The van der Waals surface area contributed by atoms with Crippen LogP contribution >= 0.6 is 11.6 Å². The largest absolute Gasteiger partial charge is 0.486 e. The van der Waals surface area contributed by atoms with E-state index in [2.05, 4.69) is 26.8 Å². The zero-order valence-electron chi connectivity index (χ0n) is 10.8. The van der Waals surface area contributed by atoms with Crippen molar-refractivity contribution in [3.8, 4) is 17.6 Å². The number of nitrogens with zero attached hydrogens (tertiary/aromatic N) is 2. The molecule has 104 valence electrons. The van der Waals surface area contributed by atoms with Gasteiger partial charge in [-0.3, -0.25) is 0 Å². The fourth-order valence-electron chi connectivity index (χ4n) is 1.45. The van der Waals surface area contributed by atoms with Gasteiger partial charge in [0, 0.05) is 18.4 Å². The first-order valence-electron chi connectivity index (χ1n) is 5.96. The highest BCUT2D eigenvalue weighted by Crippen LogP contribution is 2.20. The lowest BCUT2D eigenvalue weighted by molar-refractivity contribution is 0.269. The maximum absolute atomic E-state index is 13.3. The molecule has 1 aromatic heterocycles. The van der Waals surface area contributed by atoms with Gasteiger partial charge in [0.2, 0.25) is 0 Å². The van der Waals surface area contributed by atoms with Crippen molar-refractivity contribution in [3.05, 3.63) is 41.0 Å². The maximum Gasteiger partial charge on any atom is 0.145 e. The van der Waals surface area contributed by atoms with Crippen LogP contribution in [0.1, 0.15) is 23.4 Å². The Morgan fingerprint density at radius 3 is 2.95 bits per heavy atom. The molecule has 2 aromatic rings. The Kier molecular flexibility index (Phi) is 4.97. The highest BCUT2D eigenvalue weighted by molar-refractivity contribution is 6.18. The van der Waals surface area contributed by atoms with Crippen LogP contribution in [0.3, 0.4) is 0 Å². The summed E-state index contributed by atoms with van der Waals surface area (Å²) in [5, 5.41) is 7.35. The molecule has 0 amide bonds. The lowest BCUT2D eigenvalue weighted by Crippen LogP contribution is -2.00. The second kappa shape index (κ2) is 6.92. The van der Waals surface area contributed by atoms with Crippen molar-refractivity contribution in [1.82, 2.24) is 10.3 Å². The molecule has 6 heteroatoms. The Hall–Kier alpha value is -2.06. The minimum absolute atomic E-state index is 0.142. The van der Waals surface area contributed by atoms with Crippen LogP contribution in [0, 0.1) is 24.6 Å². The summed E-state index contributed by atoms with van der Waals surface area (Å²) >= 11 is 5.56. The molecular weight excluding hydrogens is 283 g/mol. The minimum Gasteiger partial charge on any atom is -0.486 e. The molecule has 0 aliphatic rings. The Labute approximate surface area is 120 Å². The fraction of sp³-hybridized carbons (Fsp3) is 0.286. The SMILES string of the molecule is Cc1nonc1COc1cc(F)ccc1C#CCCCl. The summed E-state index contributed by atoms with van der Waals surface area (Å²) in [6, 6.07) is 4.19. The number of aromatic nitrogens is 2. The molecule has 0 N–H and O–H groups in total. The molecule has 2 rings (SSSR count). The van der Waals surface area contributed by atoms with E-state index >= 15 is 0 Å². The minimum atomic E-state index is -0.391. The summed E-state index contributed by atoms with van der Waals surface area (Å²) in [5.74, 6) is 6.20. The van der Waals surface area contributed by atoms with Gasteiger partial charge < -0.3 is 4.74 Å². The van der Waals surface area contributed by atoms with E-state index in [0.29, 0.717) is 35.0 Å². The van der Waals surface area contributed by atoms with Gasteiger partial charge in [-0.05, 0) is 19.1 Å². The van der Waals surface area contributed by atoms with Gasteiger partial charge in [-0.2, -0.15) is 0 Å². The van der Waals surface area contributed by atoms with E-state index in [0.717, 1.165) is 0 Å². The molecule has 0 aliphatic heterocycles. The molecule has 0 aliphatic carbocycles. The zero-order chi connectivity index (χ0) is 14.4. The number of benzene rings is 1. The molecule has 0 saturated carbocycles. The fourth-order valence-corrected chi connectivity index (χ4v) is 1.54. The topological polar surface area (TPSA) is 48.2 Å². The van der Waals surface area contributed by atoms with Crippen LogP contribution < -0.4 is 4.74 Å². The zero-order valence-corrected chi connectivity index (χ0v) is 11.6. The van der Waals surface area contributed by atoms with Crippen LogP contribution in [0.4, 0.5) is 4.39 Å². The van der Waals surface area contributed by atoms with Crippen LogP contribution in [0.15, 0.2) is 22.8 Å². The molecule has 0 spiro atoms. The predicted molar refractivity (Wildman–Crippen MR) is 72.0 cm³/mol. The third-order valence-electron chi connectivity index (χ3n) is 2.50. The lowest BCUT2D eigenvalue weighted by atomic mass is 10.2. The van der Waals surface area contributed by atoms with E-state index < -0.39 is 5.82 Å². The highest BCUT2D eigenvalue weighted by atomic mass is 35.5. The summed E-state index contributed by atoms with van der Waals surface area (Å²) in [7, 11) is 0. The van der Waals surface area contributed by atoms with E-state index in [1.807, 2.05) is 0 Å². The Morgan fingerprint density at radius 2 is 2.25 bits per heavy atom. The molecule has 4 nitrogen and oxygen atoms in total. The molecule has 20 heavy (non-hydrogen) atoms. The smallest absolute Gasteiger partial charge is 0.145 e. The Morgan fingerprint density at radius 1 is 1.40 bits per heavy atom. The normalized spacial score (nSPS) is 9.95. The van der Waals surface area contributed by atoms with Gasteiger partial charge >= 0.3 is 0 Å². The van der Waals surface area contributed by atoms with E-state index in [4.69, 9.17) is 16.3 Å². The number of alkyl halides is 1. The lowest BCUT2D eigenvalue weighted by Gasteiger charge is -2.06. The van der Waals surface area contributed by atoms with Crippen LogP contribution in [0.2, 0.25) is 0 Å². The number of hydrogen-bond donors (Lipinski definition) is 0. The van der Waals surface area contributed by atoms with Crippen LogP contribution in [0.25, 0.3) is 0 Å². The first-order valence-corrected chi connectivity index (χ1v) is 6.49. The van der Waals surface area contributed by atoms with E-state index in [9.17, 15) is 4.39 Å². The van der Waals surface area contributed by atoms with E-state index in [-0.39, 0.29) is 6.61 Å². The quantitative estimate of drug-likeness (QED) is 0.642. The van der Waals surface area contributed by atoms with Gasteiger partial charge in [0.15, 0.2) is 0 Å². The van der Waals surface area contributed by atoms with Gasteiger partial charge in [-0.1, -0.05) is 22.2 Å². The molecule has 0 saturated heterocycles. The Balaban J connectivity index is 2.15. The second-order valence-electron chi connectivity index (χ2n) is 3.97. The van der Waals surface area contributed by atoms with Gasteiger partial charge in [0.05, 0.1) is 5.56 Å². The van der Waals surface area contributed by atoms with Crippen molar-refractivity contribution in [3.63, 3.8) is 0 Å². The van der Waals surface area contributed by atoms with E-state index in [1.165, 1.54) is 12.1 Å². The van der Waals surface area contributed by atoms with Crippen LogP contribution in [0.5, 0.6) is 5.75 Å². The van der Waals surface area contributed by atoms with Crippen molar-refractivity contribution < 1.29 is 13.8 Å². The summed E-state index contributed by atoms with van der Waals surface area (Å²) in [6.07, 6.45) is 0.560. The molecule has 1 aromatic carbocycles. The molecular formula is C14H12ClFN2O2. The maximum atomic E-state index is 13.3. The van der Waals surface area contributed by atoms with Crippen molar-refractivity contribution in [2.75, 3.05) is 5.88 Å². The van der Waals surface area contributed by atoms with Crippen molar-refractivity contribution in [2.24, 2.45) is 0 Å². The summed E-state index contributed by atoms with van der Waals surface area (Å²) < 4.78 is 23.4. The first kappa shape index (κ1) is 14.4. The molecule has 0 bridgehead atoms. The molecule has 0 atom stereocenters. The second-order valence-corrected chi connectivity index (χ2v) is 4.34. The van der Waals surface area contributed by atoms with Crippen LogP contribution in [-0.2, 0) is 6.61 Å². The van der Waals surface area contributed by atoms with E-state index in [1.54, 1.807) is 13.0 Å². The van der Waals surface area contributed by atoms with Gasteiger partial charge in [-0.15, -0.1) is 11.6 Å². The van der Waals surface area contributed by atoms with Crippen molar-refractivity contribution >= 4 is 11.6 Å². The third kappa shape index (κ3) is 3.72. The average molecular weight is 295 g/mol. The third-order valence-corrected chi connectivity index (χ3v) is 2.69. The standard InChI is InChI=1S/C14H12ClFN2O2/c1-10-13(18-20-17-10)9-19-14-8-12(16)6-5-11(14)4-2-3-7-15/h5-6,8H,3,7,9H2,1H3. The number of ether oxygens (including phenoxy) is 1. The number of hydrogen-bond acceptors (Lipinski definition) is 4. The van der Waals surface area contributed by atoms with Gasteiger partial charge in [-0.25, -0.2) is 9.02 Å². The monoisotopic (exact) mass is 294 g/mol. The van der Waals surface area contributed by atoms with Crippen molar-refractivity contribution in [1.29, 1.82) is 0 Å². The summed E-state index contributed by atoms with van der Waals surface area (Å²) in [5.41, 5.74) is 1.80. The highest BCUT2D eigenvalue weighted by Gasteiger charge is 2.08. The number of halogens is 2. The number of aryl methyl sites for hydroxylation is 1. The molecule has 0 radical (unpaired) electrons. The molecule has 0 unspecified atom stereocenters. The van der Waals surface area contributed by atoms with Gasteiger partial charge in [0.1, 0.15) is 29.6 Å². The van der Waals surface area contributed by atoms with Crippen molar-refractivity contribution in [2.45, 2.75) is 20.0 Å². The average Bonchev–Trinajstić information content (AvgIpc) is 2.84. The molecule has 1 heterocycles.